The van der Waals surface area contributed by atoms with Gasteiger partial charge in [-0.05, 0) is 119 Å². The fourth-order valence-electron chi connectivity index (χ4n) is 8.46. The second-order valence-electron chi connectivity index (χ2n) is 15.1. The fraction of sp³-hybridized carbons (Fsp3) is 0.512. The molecule has 2 aliphatic rings. The topological polar surface area (TPSA) is 44.5 Å². The van der Waals surface area contributed by atoms with E-state index in [0.29, 0.717) is 17.8 Å². The van der Waals surface area contributed by atoms with Crippen molar-refractivity contribution in [1.82, 2.24) is 9.88 Å². The molecule has 6 rings (SSSR count). The number of rotatable bonds is 14. The van der Waals surface area contributed by atoms with Gasteiger partial charge in [0.05, 0.1) is 6.04 Å². The third kappa shape index (κ3) is 9.29. The van der Waals surface area contributed by atoms with Gasteiger partial charge in [-0.2, -0.15) is 0 Å². The van der Waals surface area contributed by atoms with Crippen LogP contribution in [0.25, 0.3) is 0 Å². The number of hydrogen-bond acceptors (Lipinski definition) is 5. The van der Waals surface area contributed by atoms with Crippen LogP contribution in [0, 0.1) is 17.8 Å². The van der Waals surface area contributed by atoms with E-state index >= 15 is 0 Å². The highest BCUT2D eigenvalue weighted by molar-refractivity contribution is 6.30. The molecular formula is C43H57ClN4O. The largest absolute Gasteiger partial charge is 0.423 e. The third-order valence-corrected chi connectivity index (χ3v) is 11.7. The van der Waals surface area contributed by atoms with Gasteiger partial charge >= 0.3 is 0 Å². The van der Waals surface area contributed by atoms with Crippen molar-refractivity contribution < 1.29 is 4.42 Å². The molecule has 5 nitrogen and oxygen atoms in total. The number of nitrogens with one attached hydrogen (secondary N) is 1. The Hall–Kier alpha value is -3.28. The van der Waals surface area contributed by atoms with E-state index in [0.717, 1.165) is 73.6 Å². The zero-order valence-corrected chi connectivity index (χ0v) is 31.0. The van der Waals surface area contributed by atoms with Crippen LogP contribution >= 0.6 is 11.6 Å². The molecule has 0 bridgehead atoms. The summed E-state index contributed by atoms with van der Waals surface area (Å²) in [4.78, 5) is 10.5. The van der Waals surface area contributed by atoms with Crippen molar-refractivity contribution in [3.8, 4) is 0 Å². The second kappa shape index (κ2) is 16.6. The molecule has 1 aliphatic carbocycles. The lowest BCUT2D eigenvalue weighted by Gasteiger charge is -2.41. The maximum atomic E-state index is 6.97. The van der Waals surface area contributed by atoms with E-state index in [-0.39, 0.29) is 11.6 Å². The highest BCUT2D eigenvalue weighted by Crippen LogP contribution is 2.42. The molecule has 49 heavy (non-hydrogen) atoms. The van der Waals surface area contributed by atoms with Crippen LogP contribution in [0.15, 0.2) is 89.3 Å². The number of benzene rings is 3. The molecule has 6 heteroatoms. The van der Waals surface area contributed by atoms with E-state index in [9.17, 15) is 0 Å². The maximum absolute atomic E-state index is 6.97. The molecule has 1 aliphatic heterocycles. The quantitative estimate of drug-likeness (QED) is 0.144. The first-order valence-corrected chi connectivity index (χ1v) is 19.3. The van der Waals surface area contributed by atoms with Gasteiger partial charge in [0.15, 0.2) is 0 Å². The van der Waals surface area contributed by atoms with Crippen LogP contribution in [0.5, 0.6) is 0 Å². The van der Waals surface area contributed by atoms with Crippen molar-refractivity contribution in [3.63, 3.8) is 0 Å². The van der Waals surface area contributed by atoms with Gasteiger partial charge < -0.3 is 14.6 Å². The Morgan fingerprint density at radius 3 is 2.04 bits per heavy atom. The molecule has 0 spiro atoms. The molecule has 1 N–H and O–H groups in total. The lowest BCUT2D eigenvalue weighted by molar-refractivity contribution is 0.128. The summed E-state index contributed by atoms with van der Waals surface area (Å²) in [7, 11) is 0. The number of halogens is 1. The molecule has 1 saturated carbocycles. The summed E-state index contributed by atoms with van der Waals surface area (Å²) in [5.74, 6) is 3.93. The Labute approximate surface area is 300 Å². The van der Waals surface area contributed by atoms with E-state index < -0.39 is 0 Å². The van der Waals surface area contributed by atoms with Crippen molar-refractivity contribution in [2.24, 2.45) is 17.8 Å². The third-order valence-electron chi connectivity index (χ3n) is 11.4. The van der Waals surface area contributed by atoms with Crippen LogP contribution in [-0.2, 0) is 12.8 Å². The van der Waals surface area contributed by atoms with Gasteiger partial charge in [-0.25, -0.2) is 4.98 Å². The van der Waals surface area contributed by atoms with Gasteiger partial charge in [0.2, 0.25) is 11.8 Å². The van der Waals surface area contributed by atoms with E-state index in [1.54, 1.807) is 0 Å². The molecule has 1 atom stereocenters. The molecule has 262 valence electrons. The molecule has 2 heterocycles. The van der Waals surface area contributed by atoms with E-state index in [1.165, 1.54) is 49.7 Å². The lowest BCUT2D eigenvalue weighted by Crippen LogP contribution is -2.41. The monoisotopic (exact) mass is 680 g/mol. The Kier molecular flexibility index (Phi) is 12.1. The molecule has 0 radical (unpaired) electrons. The number of oxazole rings is 1. The number of nitrogens with zero attached hydrogens (tertiary/aromatic N) is 3. The number of anilines is 2. The van der Waals surface area contributed by atoms with Crippen molar-refractivity contribution in [2.45, 2.75) is 97.1 Å². The summed E-state index contributed by atoms with van der Waals surface area (Å²) in [6, 6.07) is 30.1. The number of hydrogen-bond donors (Lipinski definition) is 1. The summed E-state index contributed by atoms with van der Waals surface area (Å²) in [6.45, 7) is 13.3. The first kappa shape index (κ1) is 35.5. The van der Waals surface area contributed by atoms with Gasteiger partial charge in [-0.3, -0.25) is 4.90 Å². The van der Waals surface area contributed by atoms with Crippen LogP contribution in [0.4, 0.5) is 11.6 Å². The molecule has 3 aromatic carbocycles. The molecule has 1 aromatic heterocycles. The predicted octanol–water partition coefficient (Wildman–Crippen LogP) is 10.8. The minimum Gasteiger partial charge on any atom is -0.423 e. The average molecular weight is 681 g/mol. The summed E-state index contributed by atoms with van der Waals surface area (Å²) in [6.07, 6.45) is 10.4. The zero-order valence-electron chi connectivity index (χ0n) is 30.2. The maximum Gasteiger partial charge on any atom is 0.219 e. The highest BCUT2D eigenvalue weighted by Gasteiger charge is 2.36. The van der Waals surface area contributed by atoms with E-state index in [1.807, 2.05) is 12.1 Å². The van der Waals surface area contributed by atoms with Crippen LogP contribution in [0.3, 0.4) is 0 Å². The standard InChI is InChI=1S/C43H57ClN4O/c1-5-47(6-2)40(31-34-17-19-36(20-18-34)43(3,4)46-38-23-21-37(44)22-24-38)41-45-39(30-33-15-11-8-12-16-33)42(49-41)48-27-25-35(26-28-48)29-32-13-9-7-10-14-32/h7-16,21-24,34-36,40,46H,5-6,17-20,25-31H2,1-4H3. The van der Waals surface area contributed by atoms with Crippen LogP contribution in [-0.4, -0.2) is 41.6 Å². The van der Waals surface area contributed by atoms with Crippen molar-refractivity contribution in [1.29, 1.82) is 0 Å². The SMILES string of the molecule is CCN(CC)C(CC1CCC(C(C)(C)Nc2ccc(Cl)cc2)CC1)c1nc(Cc2ccccc2)c(N2CCC(Cc3ccccc3)CC2)o1. The van der Waals surface area contributed by atoms with Gasteiger partial charge in [-0.1, -0.05) is 99.0 Å². The fourth-order valence-corrected chi connectivity index (χ4v) is 8.58. The normalized spacial score (nSPS) is 19.7. The molecule has 1 unspecified atom stereocenters. The number of aromatic nitrogens is 1. The van der Waals surface area contributed by atoms with Crippen LogP contribution < -0.4 is 10.2 Å². The molecule has 1 saturated heterocycles. The Balaban J connectivity index is 1.16. The minimum absolute atomic E-state index is 0.0232. The Bertz CT molecular complexity index is 1550. The summed E-state index contributed by atoms with van der Waals surface area (Å²) in [5, 5.41) is 4.59. The first-order chi connectivity index (χ1) is 23.8. The highest BCUT2D eigenvalue weighted by atomic mass is 35.5. The predicted molar refractivity (Wildman–Crippen MR) is 206 cm³/mol. The van der Waals surface area contributed by atoms with Crippen molar-refractivity contribution in [3.05, 3.63) is 113 Å². The molecule has 4 aromatic rings. The minimum atomic E-state index is 0.0232. The smallest absolute Gasteiger partial charge is 0.219 e. The second-order valence-corrected chi connectivity index (χ2v) is 15.6. The van der Waals surface area contributed by atoms with E-state index in [4.69, 9.17) is 21.0 Å². The Morgan fingerprint density at radius 1 is 0.816 bits per heavy atom. The van der Waals surface area contributed by atoms with Gasteiger partial charge in [0.25, 0.3) is 0 Å². The first-order valence-electron chi connectivity index (χ1n) is 18.9. The van der Waals surface area contributed by atoms with Crippen molar-refractivity contribution >= 4 is 23.2 Å². The summed E-state index contributed by atoms with van der Waals surface area (Å²) in [5.41, 5.74) is 5.00. The van der Waals surface area contributed by atoms with Crippen molar-refractivity contribution in [2.75, 3.05) is 36.4 Å². The molecule has 2 fully saturated rings. The van der Waals surface area contributed by atoms with Gasteiger partial charge in [-0.15, -0.1) is 0 Å². The summed E-state index contributed by atoms with van der Waals surface area (Å²) >= 11 is 6.15. The van der Waals surface area contributed by atoms with E-state index in [2.05, 4.69) is 116 Å². The summed E-state index contributed by atoms with van der Waals surface area (Å²) < 4.78 is 6.97. The van der Waals surface area contributed by atoms with Crippen LogP contribution in [0.2, 0.25) is 5.02 Å². The van der Waals surface area contributed by atoms with Crippen LogP contribution in [0.1, 0.15) is 101 Å². The molecule has 0 amide bonds. The van der Waals surface area contributed by atoms with Gasteiger partial charge in [0, 0.05) is 35.8 Å². The molecular weight excluding hydrogens is 624 g/mol. The lowest BCUT2D eigenvalue weighted by atomic mass is 9.71. The van der Waals surface area contributed by atoms with Gasteiger partial charge in [0.1, 0.15) is 5.69 Å². The number of piperidine rings is 1. The zero-order chi connectivity index (χ0) is 34.2. The average Bonchev–Trinajstić information content (AvgIpc) is 3.54. The Morgan fingerprint density at radius 2 is 1.43 bits per heavy atom.